The zero-order chi connectivity index (χ0) is 14.0. The highest BCUT2D eigenvalue weighted by molar-refractivity contribution is 5.96. The molecule has 5 heteroatoms. The molecule has 104 valence electrons. The molecule has 1 aliphatic rings. The summed E-state index contributed by atoms with van der Waals surface area (Å²) in [5, 5.41) is 0. The minimum atomic E-state index is -3.23. The minimum Gasteiger partial charge on any atom is -0.339 e. The van der Waals surface area contributed by atoms with Crippen molar-refractivity contribution in [3.8, 4) is 0 Å². The van der Waals surface area contributed by atoms with Gasteiger partial charge >= 0.3 is 0 Å². The quantitative estimate of drug-likeness (QED) is 0.805. The third-order valence-electron chi connectivity index (χ3n) is 3.33. The molecule has 1 fully saturated rings. The van der Waals surface area contributed by atoms with Crippen LogP contribution in [0.1, 0.15) is 42.1 Å². The van der Waals surface area contributed by atoms with Crippen molar-refractivity contribution in [1.82, 2.24) is 4.90 Å². The van der Waals surface area contributed by atoms with E-state index in [2.05, 4.69) is 0 Å². The predicted octanol–water partition coefficient (Wildman–Crippen LogP) is 3.56. The van der Waals surface area contributed by atoms with Gasteiger partial charge in [-0.2, -0.15) is 0 Å². The van der Waals surface area contributed by atoms with Crippen molar-refractivity contribution in [1.29, 1.82) is 0 Å². The van der Waals surface area contributed by atoms with Gasteiger partial charge in [0.05, 0.1) is 0 Å². The third-order valence-corrected chi connectivity index (χ3v) is 3.33. The van der Waals surface area contributed by atoms with Gasteiger partial charge in [0.15, 0.2) is 0 Å². The Kier molecular flexibility index (Phi) is 3.83. The highest BCUT2D eigenvalue weighted by atomic mass is 19.3. The van der Waals surface area contributed by atoms with E-state index >= 15 is 0 Å². The lowest BCUT2D eigenvalue weighted by molar-refractivity contribution is 0.0153. The zero-order valence-corrected chi connectivity index (χ0v) is 10.8. The summed E-state index contributed by atoms with van der Waals surface area (Å²) >= 11 is 0. The Morgan fingerprint density at radius 1 is 1.21 bits per heavy atom. The topological polar surface area (TPSA) is 20.3 Å². The highest BCUT2D eigenvalue weighted by Crippen LogP contribution is 2.31. The number of rotatable bonds is 2. The molecular weight excluding hydrogens is 255 g/mol. The molecule has 2 rings (SSSR count). The van der Waals surface area contributed by atoms with Crippen molar-refractivity contribution >= 4 is 5.91 Å². The second-order valence-electron chi connectivity index (χ2n) is 4.93. The van der Waals surface area contributed by atoms with Gasteiger partial charge < -0.3 is 4.90 Å². The standard InChI is InChI=1S/C14H16F3NO/c1-14(16,17)12-9-10(15)5-6-11(12)13(19)18-7-3-2-4-8-18/h5-6,9H,2-4,7-8H2,1H3. The zero-order valence-electron chi connectivity index (χ0n) is 10.8. The molecule has 0 N–H and O–H groups in total. The summed E-state index contributed by atoms with van der Waals surface area (Å²) in [6, 6.07) is 2.95. The smallest absolute Gasteiger partial charge is 0.271 e. The van der Waals surface area contributed by atoms with Crippen LogP contribution in [0, 0.1) is 5.82 Å². The number of amides is 1. The first kappa shape index (κ1) is 13.9. The van der Waals surface area contributed by atoms with E-state index in [0.717, 1.165) is 37.5 Å². The van der Waals surface area contributed by atoms with Crippen LogP contribution in [0.3, 0.4) is 0 Å². The maximum absolute atomic E-state index is 13.5. The van der Waals surface area contributed by atoms with Gasteiger partial charge in [-0.3, -0.25) is 4.79 Å². The first-order chi connectivity index (χ1) is 8.89. The van der Waals surface area contributed by atoms with Crippen molar-refractivity contribution in [2.75, 3.05) is 13.1 Å². The molecule has 0 bridgehead atoms. The Labute approximate surface area is 110 Å². The predicted molar refractivity (Wildman–Crippen MR) is 65.7 cm³/mol. The van der Waals surface area contributed by atoms with Gasteiger partial charge in [-0.1, -0.05) is 0 Å². The third kappa shape index (κ3) is 3.08. The molecule has 0 unspecified atom stereocenters. The molecule has 1 heterocycles. The maximum atomic E-state index is 13.5. The fourth-order valence-electron chi connectivity index (χ4n) is 2.33. The number of hydrogen-bond donors (Lipinski definition) is 0. The summed E-state index contributed by atoms with van der Waals surface area (Å²) in [4.78, 5) is 13.8. The molecule has 0 saturated carbocycles. The molecular formula is C14H16F3NO. The molecule has 1 aliphatic heterocycles. The van der Waals surface area contributed by atoms with Gasteiger partial charge in [0.25, 0.3) is 11.8 Å². The normalized spacial score (nSPS) is 16.5. The fraction of sp³-hybridized carbons (Fsp3) is 0.500. The van der Waals surface area contributed by atoms with Crippen LogP contribution in [0.5, 0.6) is 0 Å². The lowest BCUT2D eigenvalue weighted by Crippen LogP contribution is -2.36. The second-order valence-corrected chi connectivity index (χ2v) is 4.93. The van der Waals surface area contributed by atoms with E-state index in [1.807, 2.05) is 0 Å². The molecule has 0 radical (unpaired) electrons. The summed E-state index contributed by atoms with van der Waals surface area (Å²) in [6.45, 7) is 1.82. The Hall–Kier alpha value is -1.52. The summed E-state index contributed by atoms with van der Waals surface area (Å²) in [5.74, 6) is -4.42. The van der Waals surface area contributed by atoms with Gasteiger partial charge in [0, 0.05) is 31.1 Å². The van der Waals surface area contributed by atoms with Crippen LogP contribution >= 0.6 is 0 Å². The molecule has 1 saturated heterocycles. The van der Waals surface area contributed by atoms with Gasteiger partial charge in [-0.05, 0) is 37.5 Å². The summed E-state index contributed by atoms with van der Waals surface area (Å²) in [6.07, 6.45) is 2.81. The Morgan fingerprint density at radius 2 is 1.84 bits per heavy atom. The Morgan fingerprint density at radius 3 is 2.42 bits per heavy atom. The molecule has 2 nitrogen and oxygen atoms in total. The molecule has 0 aliphatic carbocycles. The number of nitrogens with zero attached hydrogens (tertiary/aromatic N) is 1. The summed E-state index contributed by atoms with van der Waals surface area (Å²) in [5.41, 5.74) is -0.640. The summed E-state index contributed by atoms with van der Waals surface area (Å²) < 4.78 is 40.1. The number of halogens is 3. The molecule has 0 atom stereocenters. The van der Waals surface area contributed by atoms with Crippen LogP contribution in [0.15, 0.2) is 18.2 Å². The Bertz CT molecular complexity index is 476. The van der Waals surface area contributed by atoms with Crippen molar-refractivity contribution < 1.29 is 18.0 Å². The van der Waals surface area contributed by atoms with E-state index in [-0.39, 0.29) is 5.56 Å². The molecule has 19 heavy (non-hydrogen) atoms. The van der Waals surface area contributed by atoms with Crippen molar-refractivity contribution in [2.45, 2.75) is 32.1 Å². The number of likely N-dealkylation sites (tertiary alicyclic amines) is 1. The average Bonchev–Trinajstić information content (AvgIpc) is 2.38. The minimum absolute atomic E-state index is 0.101. The maximum Gasteiger partial charge on any atom is 0.271 e. The van der Waals surface area contributed by atoms with Crippen LogP contribution in [-0.4, -0.2) is 23.9 Å². The van der Waals surface area contributed by atoms with E-state index < -0.39 is 23.2 Å². The van der Waals surface area contributed by atoms with Crippen LogP contribution in [0.25, 0.3) is 0 Å². The van der Waals surface area contributed by atoms with Crippen molar-refractivity contribution in [3.63, 3.8) is 0 Å². The fourth-order valence-corrected chi connectivity index (χ4v) is 2.33. The molecule has 1 aromatic carbocycles. The lowest BCUT2D eigenvalue weighted by Gasteiger charge is -2.28. The number of hydrogen-bond acceptors (Lipinski definition) is 1. The lowest BCUT2D eigenvalue weighted by atomic mass is 10.00. The van der Waals surface area contributed by atoms with E-state index in [1.54, 1.807) is 4.90 Å². The van der Waals surface area contributed by atoms with Gasteiger partial charge in [-0.15, -0.1) is 0 Å². The number of benzene rings is 1. The molecule has 1 aromatic rings. The average molecular weight is 271 g/mol. The van der Waals surface area contributed by atoms with Crippen molar-refractivity contribution in [3.05, 3.63) is 35.1 Å². The van der Waals surface area contributed by atoms with Crippen LogP contribution in [0.2, 0.25) is 0 Å². The van der Waals surface area contributed by atoms with E-state index in [9.17, 15) is 18.0 Å². The van der Waals surface area contributed by atoms with Crippen LogP contribution in [-0.2, 0) is 5.92 Å². The summed E-state index contributed by atoms with van der Waals surface area (Å²) in [7, 11) is 0. The highest BCUT2D eigenvalue weighted by Gasteiger charge is 2.32. The van der Waals surface area contributed by atoms with Crippen LogP contribution in [0.4, 0.5) is 13.2 Å². The number of alkyl halides is 2. The van der Waals surface area contributed by atoms with Crippen molar-refractivity contribution in [2.24, 2.45) is 0 Å². The van der Waals surface area contributed by atoms with Gasteiger partial charge in [0.2, 0.25) is 0 Å². The van der Waals surface area contributed by atoms with E-state index in [0.29, 0.717) is 20.0 Å². The molecule has 1 amide bonds. The van der Waals surface area contributed by atoms with Gasteiger partial charge in [0.1, 0.15) is 5.82 Å². The van der Waals surface area contributed by atoms with E-state index in [1.165, 1.54) is 0 Å². The van der Waals surface area contributed by atoms with E-state index in [4.69, 9.17) is 0 Å². The number of carbonyl (C=O) groups excluding carboxylic acids is 1. The van der Waals surface area contributed by atoms with Gasteiger partial charge in [-0.25, -0.2) is 13.2 Å². The first-order valence-electron chi connectivity index (χ1n) is 6.37. The number of carbonyl (C=O) groups is 1. The largest absolute Gasteiger partial charge is 0.339 e. The van der Waals surface area contributed by atoms with Crippen LogP contribution < -0.4 is 0 Å². The Balaban J connectivity index is 2.35. The monoisotopic (exact) mass is 271 g/mol. The first-order valence-corrected chi connectivity index (χ1v) is 6.37. The number of piperidine rings is 1. The molecule has 0 aromatic heterocycles. The SMILES string of the molecule is CC(F)(F)c1cc(F)ccc1C(=O)N1CCCCC1. The molecule has 0 spiro atoms. The second kappa shape index (κ2) is 5.23.